The minimum Gasteiger partial charge on any atom is -0.373 e. The lowest BCUT2D eigenvalue weighted by Crippen LogP contribution is -2.31. The number of hydrogen-bond donors (Lipinski definition) is 1. The van der Waals surface area contributed by atoms with Crippen LogP contribution < -0.4 is 5.32 Å². The number of nitrogens with one attached hydrogen (secondary N) is 1. The van der Waals surface area contributed by atoms with Crippen LogP contribution in [-0.4, -0.2) is 39.4 Å². The number of hydrogen-bond acceptors (Lipinski definition) is 4. The van der Waals surface area contributed by atoms with Gasteiger partial charge in [0.15, 0.2) is 0 Å². The maximum Gasteiger partial charge on any atom is 0.433 e. The number of aromatic nitrogens is 2. The average Bonchev–Trinajstić information content (AvgIpc) is 3.40. The molecule has 1 fully saturated rings. The molecule has 11 heteroatoms. The molecule has 0 radical (unpaired) electrons. The summed E-state index contributed by atoms with van der Waals surface area (Å²) in [5.74, 6) is -0.692. The fraction of sp³-hybridized carbons (Fsp3) is 0.435. The van der Waals surface area contributed by atoms with Crippen LogP contribution in [0.2, 0.25) is 5.02 Å². The van der Waals surface area contributed by atoms with Gasteiger partial charge in [-0.1, -0.05) is 25.1 Å². The Hall–Kier alpha value is -2.85. The van der Waals surface area contributed by atoms with Gasteiger partial charge in [0.05, 0.1) is 30.5 Å². The van der Waals surface area contributed by atoms with Crippen molar-refractivity contribution < 1.29 is 27.5 Å². The van der Waals surface area contributed by atoms with E-state index in [0.717, 1.165) is 30.8 Å². The smallest absolute Gasteiger partial charge is 0.373 e. The second-order valence-electron chi connectivity index (χ2n) is 8.24. The molecule has 0 bridgehead atoms. The van der Waals surface area contributed by atoms with E-state index < -0.39 is 23.8 Å². The molecular formula is C23H24ClF3N4O3. The molecule has 0 aliphatic carbocycles. The van der Waals surface area contributed by atoms with Crippen molar-refractivity contribution in [2.75, 3.05) is 13.2 Å². The van der Waals surface area contributed by atoms with Gasteiger partial charge in [0.25, 0.3) is 11.8 Å². The third-order valence-electron chi connectivity index (χ3n) is 6.11. The lowest BCUT2D eigenvalue weighted by atomic mass is 10.0. The number of fused-ring (bicyclic) bond motifs is 1. The molecule has 1 saturated heterocycles. The largest absolute Gasteiger partial charge is 0.433 e. The van der Waals surface area contributed by atoms with E-state index in [1.165, 1.54) is 0 Å². The first-order chi connectivity index (χ1) is 16.1. The number of alkyl halides is 3. The van der Waals surface area contributed by atoms with Crippen LogP contribution >= 0.6 is 11.6 Å². The molecule has 4 heterocycles. The quantitative estimate of drug-likeness (QED) is 0.650. The van der Waals surface area contributed by atoms with E-state index in [9.17, 15) is 22.8 Å². The lowest BCUT2D eigenvalue weighted by molar-refractivity contribution is -0.141. The molecule has 34 heavy (non-hydrogen) atoms. The molecule has 0 spiro atoms. The molecular weight excluding hydrogens is 473 g/mol. The Labute approximate surface area is 199 Å². The summed E-state index contributed by atoms with van der Waals surface area (Å²) >= 11 is 6.11. The van der Waals surface area contributed by atoms with Crippen LogP contribution in [-0.2, 0) is 24.1 Å². The van der Waals surface area contributed by atoms with Crippen molar-refractivity contribution in [1.29, 1.82) is 0 Å². The number of amides is 2. The Kier molecular flexibility index (Phi) is 6.73. The minimum absolute atomic E-state index is 0.139. The topological polar surface area (TPSA) is 76.5 Å². The van der Waals surface area contributed by atoms with E-state index in [1.54, 1.807) is 22.5 Å². The molecule has 0 saturated carbocycles. The summed E-state index contributed by atoms with van der Waals surface area (Å²) in [4.78, 5) is 31.5. The van der Waals surface area contributed by atoms with Crippen LogP contribution in [0.5, 0.6) is 0 Å². The predicted molar refractivity (Wildman–Crippen MR) is 118 cm³/mol. The van der Waals surface area contributed by atoms with Gasteiger partial charge in [-0.05, 0) is 31.4 Å². The van der Waals surface area contributed by atoms with E-state index in [4.69, 9.17) is 16.3 Å². The van der Waals surface area contributed by atoms with E-state index in [1.807, 2.05) is 0 Å². The van der Waals surface area contributed by atoms with Crippen LogP contribution in [0.1, 0.15) is 70.0 Å². The molecule has 2 aliphatic heterocycles. The van der Waals surface area contributed by atoms with Crippen molar-refractivity contribution >= 4 is 23.4 Å². The van der Waals surface area contributed by atoms with Gasteiger partial charge in [-0.3, -0.25) is 14.6 Å². The number of pyridine rings is 1. The number of nitrogens with zero attached hydrogens (tertiary/aromatic N) is 3. The highest BCUT2D eigenvalue weighted by Gasteiger charge is 2.34. The highest BCUT2D eigenvalue weighted by atomic mass is 35.5. The standard InChI is InChI=1S/C23H24ClF3N4O3/c1-3-17(15-11-28-20(10-16(15)24)23(25,26)27)29-21(32)14-9-18(31-7-8-34-12-19(14)31)22(33)30-6-4-5-13(30)2/h9-11,17H,2-8,12H2,1H3,(H,29,32)/t17-/m0/s1. The molecule has 2 amide bonds. The maximum atomic E-state index is 13.3. The van der Waals surface area contributed by atoms with E-state index >= 15 is 0 Å². The van der Waals surface area contributed by atoms with Crippen LogP contribution in [0.25, 0.3) is 0 Å². The molecule has 2 aromatic rings. The molecule has 1 N–H and O–H groups in total. The van der Waals surface area contributed by atoms with Gasteiger partial charge in [-0.25, -0.2) is 0 Å². The Bertz CT molecular complexity index is 1150. The van der Waals surface area contributed by atoms with E-state index in [-0.39, 0.29) is 28.7 Å². The van der Waals surface area contributed by atoms with Gasteiger partial charge in [0.1, 0.15) is 11.4 Å². The van der Waals surface area contributed by atoms with Gasteiger partial charge in [0.2, 0.25) is 0 Å². The number of halogens is 4. The lowest BCUT2D eigenvalue weighted by Gasteiger charge is -2.22. The molecule has 7 nitrogen and oxygen atoms in total. The summed E-state index contributed by atoms with van der Waals surface area (Å²) in [5, 5.41) is 2.68. The first-order valence-corrected chi connectivity index (χ1v) is 11.3. The molecule has 0 unspecified atom stereocenters. The first-order valence-electron chi connectivity index (χ1n) is 10.9. The summed E-state index contributed by atoms with van der Waals surface area (Å²) in [6.07, 6.45) is -1.64. The fourth-order valence-corrected chi connectivity index (χ4v) is 4.59. The second kappa shape index (κ2) is 9.42. The van der Waals surface area contributed by atoms with Gasteiger partial charge in [-0.15, -0.1) is 0 Å². The van der Waals surface area contributed by atoms with Crippen molar-refractivity contribution in [3.8, 4) is 0 Å². The van der Waals surface area contributed by atoms with Crippen molar-refractivity contribution in [2.45, 2.75) is 51.6 Å². The summed E-state index contributed by atoms with van der Waals surface area (Å²) in [6, 6.07) is 1.62. The number of allylic oxidation sites excluding steroid dienone is 1. The van der Waals surface area contributed by atoms with Crippen molar-refractivity contribution in [3.05, 3.63) is 63.8 Å². The average molecular weight is 497 g/mol. The molecule has 0 aromatic carbocycles. The zero-order valence-electron chi connectivity index (χ0n) is 18.5. The molecule has 4 rings (SSSR count). The highest BCUT2D eigenvalue weighted by Crippen LogP contribution is 2.33. The monoisotopic (exact) mass is 496 g/mol. The van der Waals surface area contributed by atoms with Crippen LogP contribution in [0.3, 0.4) is 0 Å². The minimum atomic E-state index is -4.62. The molecule has 2 aromatic heterocycles. The number of ether oxygens (including phenoxy) is 1. The van der Waals surface area contributed by atoms with Gasteiger partial charge >= 0.3 is 6.18 Å². The molecule has 182 valence electrons. The summed E-state index contributed by atoms with van der Waals surface area (Å²) in [7, 11) is 0. The van der Waals surface area contributed by atoms with Gasteiger partial charge < -0.3 is 19.5 Å². The number of carbonyl (C=O) groups excluding carboxylic acids is 2. The Morgan fingerprint density at radius 2 is 2.09 bits per heavy atom. The number of likely N-dealkylation sites (tertiary alicyclic amines) is 1. The van der Waals surface area contributed by atoms with Crippen molar-refractivity contribution in [2.24, 2.45) is 0 Å². The third-order valence-corrected chi connectivity index (χ3v) is 6.43. The predicted octanol–water partition coefficient (Wildman–Crippen LogP) is 4.72. The second-order valence-corrected chi connectivity index (χ2v) is 8.65. The normalized spacial score (nSPS) is 17.0. The molecule has 1 atom stereocenters. The summed E-state index contributed by atoms with van der Waals surface area (Å²) < 4.78 is 46.1. The maximum absolute atomic E-state index is 13.3. The summed E-state index contributed by atoms with van der Waals surface area (Å²) in [6.45, 7) is 7.30. The third kappa shape index (κ3) is 4.56. The van der Waals surface area contributed by atoms with Crippen LogP contribution in [0.4, 0.5) is 13.2 Å². The molecule has 2 aliphatic rings. The van der Waals surface area contributed by atoms with Crippen LogP contribution in [0, 0.1) is 0 Å². The van der Waals surface area contributed by atoms with E-state index in [0.29, 0.717) is 37.5 Å². The zero-order valence-corrected chi connectivity index (χ0v) is 19.3. The highest BCUT2D eigenvalue weighted by molar-refractivity contribution is 6.31. The Morgan fingerprint density at radius 1 is 1.32 bits per heavy atom. The Balaban J connectivity index is 1.62. The van der Waals surface area contributed by atoms with Crippen molar-refractivity contribution in [1.82, 2.24) is 19.8 Å². The summed E-state index contributed by atoms with van der Waals surface area (Å²) in [5.41, 5.74) is 1.15. The van der Waals surface area contributed by atoms with Gasteiger partial charge in [-0.2, -0.15) is 13.2 Å². The zero-order chi connectivity index (χ0) is 24.6. The SMILES string of the molecule is C=C1CCCN1C(=O)c1cc(C(=O)N[C@@H](CC)c2cnc(C(F)(F)F)cc2Cl)c2n1CCOC2. The van der Waals surface area contributed by atoms with Crippen LogP contribution in [0.15, 0.2) is 30.6 Å². The number of carbonyl (C=O) groups is 2. The van der Waals surface area contributed by atoms with E-state index in [2.05, 4.69) is 16.9 Å². The Morgan fingerprint density at radius 3 is 2.71 bits per heavy atom. The van der Waals surface area contributed by atoms with Gasteiger partial charge in [0, 0.05) is 35.6 Å². The first kappa shape index (κ1) is 24.3. The van der Waals surface area contributed by atoms with Crippen molar-refractivity contribution in [3.63, 3.8) is 0 Å². The fourth-order valence-electron chi connectivity index (χ4n) is 4.30. The number of rotatable bonds is 5.